The van der Waals surface area contributed by atoms with Gasteiger partial charge in [-0.1, -0.05) is 12.8 Å². The molecule has 2 saturated carbocycles. The number of hydrogen-bond acceptors (Lipinski definition) is 3. The molecular weight excluding hydrogens is 216 g/mol. The molecule has 0 bridgehead atoms. The second-order valence-corrected chi connectivity index (χ2v) is 5.21. The third-order valence-electron chi connectivity index (χ3n) is 4.20. The third-order valence-corrected chi connectivity index (χ3v) is 4.20. The van der Waals surface area contributed by atoms with Gasteiger partial charge in [0.1, 0.15) is 5.41 Å². The van der Waals surface area contributed by atoms with E-state index in [0.717, 1.165) is 32.1 Å². The molecule has 0 aromatic heterocycles. The molecule has 17 heavy (non-hydrogen) atoms. The van der Waals surface area contributed by atoms with Crippen molar-refractivity contribution in [1.29, 1.82) is 5.26 Å². The van der Waals surface area contributed by atoms with Crippen LogP contribution in [0, 0.1) is 16.7 Å². The summed E-state index contributed by atoms with van der Waals surface area (Å²) >= 11 is 0. The summed E-state index contributed by atoms with van der Waals surface area (Å²) in [6.45, 7) is 0.372. The summed E-state index contributed by atoms with van der Waals surface area (Å²) in [5, 5.41) is 18.3. The predicted octanol–water partition coefficient (Wildman–Crippen LogP) is 1.44. The Hall–Kier alpha value is -1.08. The first-order valence-corrected chi connectivity index (χ1v) is 6.57. The fraction of sp³-hybridized carbons (Fsp3) is 0.846. The summed E-state index contributed by atoms with van der Waals surface area (Å²) in [4.78, 5) is 14.2. The lowest BCUT2D eigenvalue weighted by molar-refractivity contribution is -0.146. The van der Waals surface area contributed by atoms with Crippen molar-refractivity contribution in [3.63, 3.8) is 0 Å². The summed E-state index contributed by atoms with van der Waals surface area (Å²) in [5.41, 5.74) is -0.766. The lowest BCUT2D eigenvalue weighted by atomic mass is 9.68. The summed E-state index contributed by atoms with van der Waals surface area (Å²) in [6.07, 6.45) is 6.70. The summed E-state index contributed by atoms with van der Waals surface area (Å²) in [7, 11) is 0. The largest absolute Gasteiger partial charge is 0.395 e. The van der Waals surface area contributed by atoms with Crippen molar-refractivity contribution >= 4 is 5.91 Å². The number of aliphatic hydroxyl groups excluding tert-OH is 1. The predicted molar refractivity (Wildman–Crippen MR) is 63.0 cm³/mol. The van der Waals surface area contributed by atoms with Crippen molar-refractivity contribution in [3.05, 3.63) is 0 Å². The number of nitriles is 1. The van der Waals surface area contributed by atoms with Gasteiger partial charge in [0, 0.05) is 12.6 Å². The average Bonchev–Trinajstić information content (AvgIpc) is 2.78. The normalized spacial score (nSPS) is 22.8. The van der Waals surface area contributed by atoms with Gasteiger partial charge in [-0.15, -0.1) is 0 Å². The summed E-state index contributed by atoms with van der Waals surface area (Å²) in [6, 6.07) is 2.45. The van der Waals surface area contributed by atoms with Gasteiger partial charge >= 0.3 is 0 Å². The molecule has 0 radical (unpaired) electrons. The molecule has 0 spiro atoms. The Morgan fingerprint density at radius 1 is 1.35 bits per heavy atom. The smallest absolute Gasteiger partial charge is 0.243 e. The van der Waals surface area contributed by atoms with Crippen LogP contribution in [0.3, 0.4) is 0 Å². The zero-order chi connectivity index (χ0) is 12.3. The Morgan fingerprint density at radius 3 is 2.41 bits per heavy atom. The quantitative estimate of drug-likeness (QED) is 0.803. The van der Waals surface area contributed by atoms with E-state index in [1.807, 2.05) is 0 Å². The Kier molecular flexibility index (Phi) is 3.68. The standard InChI is InChI=1S/C13H20N2O2/c14-10-13(6-3-7-13)12(17)15(8-9-16)11-4-1-2-5-11/h11,16H,1-9H2. The maximum Gasteiger partial charge on any atom is 0.243 e. The molecule has 94 valence electrons. The van der Waals surface area contributed by atoms with E-state index < -0.39 is 5.41 Å². The number of aliphatic hydroxyl groups is 1. The minimum Gasteiger partial charge on any atom is -0.395 e. The van der Waals surface area contributed by atoms with Crippen molar-refractivity contribution in [1.82, 2.24) is 4.90 Å². The highest BCUT2D eigenvalue weighted by molar-refractivity contribution is 5.86. The topological polar surface area (TPSA) is 64.3 Å². The second kappa shape index (κ2) is 5.05. The van der Waals surface area contributed by atoms with Crippen LogP contribution in [-0.2, 0) is 4.79 Å². The molecule has 0 unspecified atom stereocenters. The van der Waals surface area contributed by atoms with Crippen LogP contribution in [0.5, 0.6) is 0 Å². The van der Waals surface area contributed by atoms with E-state index in [1.165, 1.54) is 0 Å². The van der Waals surface area contributed by atoms with Crippen molar-refractivity contribution in [3.8, 4) is 6.07 Å². The van der Waals surface area contributed by atoms with Crippen LogP contribution in [0.1, 0.15) is 44.9 Å². The molecule has 1 amide bonds. The molecule has 0 aromatic rings. The molecule has 1 N–H and O–H groups in total. The lowest BCUT2D eigenvalue weighted by Gasteiger charge is -2.40. The molecule has 0 heterocycles. The molecule has 2 fully saturated rings. The lowest BCUT2D eigenvalue weighted by Crippen LogP contribution is -2.51. The molecule has 4 nitrogen and oxygen atoms in total. The molecule has 4 heteroatoms. The van der Waals surface area contributed by atoms with E-state index in [9.17, 15) is 10.1 Å². The Morgan fingerprint density at radius 2 is 2.00 bits per heavy atom. The first kappa shape index (κ1) is 12.4. The zero-order valence-electron chi connectivity index (χ0n) is 10.2. The number of amides is 1. The Balaban J connectivity index is 2.09. The highest BCUT2D eigenvalue weighted by atomic mass is 16.3. The minimum absolute atomic E-state index is 0.0102. The van der Waals surface area contributed by atoms with Gasteiger partial charge in [-0.25, -0.2) is 0 Å². The number of carbonyl (C=O) groups excluding carboxylic acids is 1. The van der Waals surface area contributed by atoms with Crippen LogP contribution in [0.4, 0.5) is 0 Å². The van der Waals surface area contributed by atoms with Gasteiger partial charge in [0.2, 0.25) is 5.91 Å². The van der Waals surface area contributed by atoms with E-state index in [1.54, 1.807) is 4.90 Å². The van der Waals surface area contributed by atoms with E-state index in [-0.39, 0.29) is 18.6 Å². The second-order valence-electron chi connectivity index (χ2n) is 5.21. The van der Waals surface area contributed by atoms with Crippen molar-refractivity contribution < 1.29 is 9.90 Å². The van der Waals surface area contributed by atoms with Crippen LogP contribution in [0.15, 0.2) is 0 Å². The maximum atomic E-state index is 12.4. The number of rotatable bonds is 4. The van der Waals surface area contributed by atoms with Gasteiger partial charge < -0.3 is 10.0 Å². The van der Waals surface area contributed by atoms with Crippen LogP contribution >= 0.6 is 0 Å². The van der Waals surface area contributed by atoms with Crippen molar-refractivity contribution in [2.24, 2.45) is 5.41 Å². The van der Waals surface area contributed by atoms with Gasteiger partial charge in [0.15, 0.2) is 0 Å². The first-order valence-electron chi connectivity index (χ1n) is 6.57. The summed E-state index contributed by atoms with van der Waals surface area (Å²) in [5.74, 6) is -0.0350. The van der Waals surface area contributed by atoms with Gasteiger partial charge in [0.05, 0.1) is 12.7 Å². The van der Waals surface area contributed by atoms with E-state index in [0.29, 0.717) is 19.4 Å². The zero-order valence-corrected chi connectivity index (χ0v) is 10.2. The Bertz CT molecular complexity index is 325. The highest BCUT2D eigenvalue weighted by Crippen LogP contribution is 2.43. The number of nitrogens with zero attached hydrogens (tertiary/aromatic N) is 2. The molecule has 0 atom stereocenters. The van der Waals surface area contributed by atoms with Crippen molar-refractivity contribution in [2.45, 2.75) is 51.0 Å². The SMILES string of the molecule is N#CC1(C(=O)N(CCO)C2CCCC2)CCC1. The van der Waals surface area contributed by atoms with Crippen LogP contribution in [0.25, 0.3) is 0 Å². The molecule has 0 saturated heterocycles. The fourth-order valence-electron chi connectivity index (χ4n) is 2.95. The molecule has 0 aromatic carbocycles. The number of carbonyl (C=O) groups is 1. The molecule has 2 aliphatic rings. The molecular formula is C13H20N2O2. The maximum absolute atomic E-state index is 12.4. The fourth-order valence-corrected chi connectivity index (χ4v) is 2.95. The van der Waals surface area contributed by atoms with Crippen LogP contribution in [-0.4, -0.2) is 35.1 Å². The van der Waals surface area contributed by atoms with Gasteiger partial charge in [-0.3, -0.25) is 4.79 Å². The monoisotopic (exact) mass is 236 g/mol. The van der Waals surface area contributed by atoms with Crippen LogP contribution in [0.2, 0.25) is 0 Å². The third kappa shape index (κ3) is 2.16. The van der Waals surface area contributed by atoms with Crippen LogP contribution < -0.4 is 0 Å². The first-order chi connectivity index (χ1) is 8.23. The van der Waals surface area contributed by atoms with E-state index >= 15 is 0 Å². The summed E-state index contributed by atoms with van der Waals surface area (Å²) < 4.78 is 0. The Labute approximate surface area is 102 Å². The average molecular weight is 236 g/mol. The highest BCUT2D eigenvalue weighted by Gasteiger charge is 2.48. The minimum atomic E-state index is -0.766. The number of hydrogen-bond donors (Lipinski definition) is 1. The van der Waals surface area contributed by atoms with Crippen molar-refractivity contribution in [2.75, 3.05) is 13.2 Å². The van der Waals surface area contributed by atoms with Gasteiger partial charge in [0.25, 0.3) is 0 Å². The molecule has 0 aliphatic heterocycles. The van der Waals surface area contributed by atoms with E-state index in [2.05, 4.69) is 6.07 Å². The van der Waals surface area contributed by atoms with Gasteiger partial charge in [-0.05, 0) is 32.1 Å². The molecule has 2 aliphatic carbocycles. The molecule has 2 rings (SSSR count). The van der Waals surface area contributed by atoms with Gasteiger partial charge in [-0.2, -0.15) is 5.26 Å². The van der Waals surface area contributed by atoms with E-state index in [4.69, 9.17) is 5.11 Å².